The first-order chi connectivity index (χ1) is 9.91. The molecule has 0 amide bonds. The van der Waals surface area contributed by atoms with Crippen LogP contribution in [0.15, 0.2) is 6.20 Å². The van der Waals surface area contributed by atoms with E-state index in [9.17, 15) is 13.2 Å². The van der Waals surface area contributed by atoms with Gasteiger partial charge >= 0.3 is 6.18 Å². The number of aryl methyl sites for hydroxylation is 1. The third kappa shape index (κ3) is 4.20. The molecule has 0 aromatic carbocycles. The maximum Gasteiger partial charge on any atom is 0.405 e. The lowest BCUT2D eigenvalue weighted by molar-refractivity contribution is -0.153. The van der Waals surface area contributed by atoms with Crippen LogP contribution >= 0.6 is 0 Å². The number of hydrogen-bond acceptors (Lipinski definition) is 3. The van der Waals surface area contributed by atoms with Crippen molar-refractivity contribution in [3.05, 3.63) is 17.5 Å². The van der Waals surface area contributed by atoms with Crippen LogP contribution in [0, 0.1) is 0 Å². The first-order valence-corrected chi connectivity index (χ1v) is 7.44. The topological polar surface area (TPSA) is 55.9 Å². The van der Waals surface area contributed by atoms with E-state index in [1.807, 2.05) is 0 Å². The van der Waals surface area contributed by atoms with Gasteiger partial charge in [0.25, 0.3) is 0 Å². The van der Waals surface area contributed by atoms with Crippen molar-refractivity contribution in [2.45, 2.75) is 56.8 Å². The van der Waals surface area contributed by atoms with Gasteiger partial charge < -0.3 is 11.1 Å². The average Bonchev–Trinajstić information content (AvgIpc) is 2.80. The Hall–Kier alpha value is -1.08. The highest BCUT2D eigenvalue weighted by molar-refractivity contribution is 5.21. The van der Waals surface area contributed by atoms with Gasteiger partial charge in [0.2, 0.25) is 0 Å². The fourth-order valence-electron chi connectivity index (χ4n) is 2.98. The lowest BCUT2D eigenvalue weighted by atomic mass is 9.85. The van der Waals surface area contributed by atoms with Crippen LogP contribution in [0.1, 0.15) is 49.3 Å². The van der Waals surface area contributed by atoms with Crippen LogP contribution in [-0.4, -0.2) is 28.5 Å². The Balaban J connectivity index is 2.06. The van der Waals surface area contributed by atoms with Gasteiger partial charge in [-0.05, 0) is 12.8 Å². The molecule has 1 aromatic rings. The zero-order valence-corrected chi connectivity index (χ0v) is 12.3. The van der Waals surface area contributed by atoms with Crippen molar-refractivity contribution in [1.82, 2.24) is 15.1 Å². The SMILES string of the molecule is Cn1cc(CNC(CN)C(F)(F)F)c(C2CCCCC2)n1. The maximum atomic E-state index is 12.7. The second-order valence-electron chi connectivity index (χ2n) is 5.76. The largest absolute Gasteiger partial charge is 0.405 e. The fourth-order valence-corrected chi connectivity index (χ4v) is 2.98. The summed E-state index contributed by atoms with van der Waals surface area (Å²) in [6.07, 6.45) is 3.21. The summed E-state index contributed by atoms with van der Waals surface area (Å²) in [6, 6.07) is -1.67. The highest BCUT2D eigenvalue weighted by atomic mass is 19.4. The van der Waals surface area contributed by atoms with Crippen molar-refractivity contribution in [2.24, 2.45) is 12.8 Å². The number of halogens is 3. The molecule has 1 aliphatic carbocycles. The molecule has 1 aromatic heterocycles. The first-order valence-electron chi connectivity index (χ1n) is 7.44. The van der Waals surface area contributed by atoms with Gasteiger partial charge in [-0.1, -0.05) is 19.3 Å². The van der Waals surface area contributed by atoms with Crippen LogP contribution < -0.4 is 11.1 Å². The molecule has 1 saturated carbocycles. The molecule has 7 heteroatoms. The maximum absolute atomic E-state index is 12.7. The van der Waals surface area contributed by atoms with Crippen molar-refractivity contribution in [2.75, 3.05) is 6.54 Å². The van der Waals surface area contributed by atoms with E-state index in [-0.39, 0.29) is 6.54 Å². The molecule has 1 fully saturated rings. The zero-order chi connectivity index (χ0) is 15.5. The minimum atomic E-state index is -4.32. The van der Waals surface area contributed by atoms with Gasteiger partial charge in [-0.2, -0.15) is 18.3 Å². The van der Waals surface area contributed by atoms with E-state index in [2.05, 4.69) is 10.4 Å². The summed E-state index contributed by atoms with van der Waals surface area (Å²) in [5, 5.41) is 6.98. The van der Waals surface area contributed by atoms with Gasteiger partial charge in [0, 0.05) is 37.8 Å². The summed E-state index contributed by atoms with van der Waals surface area (Å²) >= 11 is 0. The van der Waals surface area contributed by atoms with Crippen LogP contribution in [-0.2, 0) is 13.6 Å². The molecule has 4 nitrogen and oxygen atoms in total. The second kappa shape index (κ2) is 6.79. The van der Waals surface area contributed by atoms with Crippen LogP contribution in [0.2, 0.25) is 0 Å². The molecule has 0 spiro atoms. The van der Waals surface area contributed by atoms with E-state index < -0.39 is 18.8 Å². The standard InChI is InChI=1S/C14H23F3N4/c1-21-9-11(8-19-12(7-18)14(15,16)17)13(20-21)10-5-3-2-4-6-10/h9-10,12,19H,2-8,18H2,1H3. The molecule has 1 atom stereocenters. The smallest absolute Gasteiger partial charge is 0.329 e. The van der Waals surface area contributed by atoms with E-state index in [4.69, 9.17) is 5.73 Å². The fraction of sp³-hybridized carbons (Fsp3) is 0.786. The molecular formula is C14H23F3N4. The Morgan fingerprint density at radius 1 is 1.38 bits per heavy atom. The molecule has 0 bridgehead atoms. The summed E-state index contributed by atoms with van der Waals surface area (Å²) in [7, 11) is 1.81. The van der Waals surface area contributed by atoms with Gasteiger partial charge in [0.05, 0.1) is 5.69 Å². The molecule has 1 unspecified atom stereocenters. The summed E-state index contributed by atoms with van der Waals surface area (Å²) in [6.45, 7) is -0.302. The zero-order valence-electron chi connectivity index (χ0n) is 12.3. The van der Waals surface area contributed by atoms with Crippen molar-refractivity contribution < 1.29 is 13.2 Å². The van der Waals surface area contributed by atoms with Gasteiger partial charge in [-0.25, -0.2) is 0 Å². The molecule has 0 aliphatic heterocycles. The molecular weight excluding hydrogens is 281 g/mol. The predicted octanol–water partition coefficient (Wildman–Crippen LogP) is 2.45. The number of aromatic nitrogens is 2. The molecule has 1 aliphatic rings. The normalized spacial score (nSPS) is 18.9. The molecule has 0 saturated heterocycles. The van der Waals surface area contributed by atoms with Gasteiger partial charge in [-0.3, -0.25) is 4.68 Å². The van der Waals surface area contributed by atoms with E-state index in [1.165, 1.54) is 19.3 Å². The minimum absolute atomic E-state index is 0.154. The lowest BCUT2D eigenvalue weighted by Gasteiger charge is -2.22. The molecule has 0 radical (unpaired) electrons. The van der Waals surface area contributed by atoms with Crippen LogP contribution in [0.4, 0.5) is 13.2 Å². The number of nitrogens with one attached hydrogen (secondary N) is 1. The molecule has 21 heavy (non-hydrogen) atoms. The van der Waals surface area contributed by atoms with E-state index in [0.29, 0.717) is 5.92 Å². The van der Waals surface area contributed by atoms with Crippen molar-refractivity contribution >= 4 is 0 Å². The number of nitrogens with two attached hydrogens (primary N) is 1. The Morgan fingerprint density at radius 2 is 2.05 bits per heavy atom. The van der Waals surface area contributed by atoms with Crippen LogP contribution in [0.5, 0.6) is 0 Å². The summed E-state index contributed by atoms with van der Waals surface area (Å²) < 4.78 is 39.8. The van der Waals surface area contributed by atoms with Crippen molar-refractivity contribution in [3.8, 4) is 0 Å². The first kappa shape index (κ1) is 16.3. The Bertz CT molecular complexity index is 450. The number of nitrogens with zero attached hydrogens (tertiary/aromatic N) is 2. The Morgan fingerprint density at radius 3 is 2.62 bits per heavy atom. The number of alkyl halides is 3. The highest BCUT2D eigenvalue weighted by Crippen LogP contribution is 2.33. The van der Waals surface area contributed by atoms with E-state index in [0.717, 1.165) is 24.1 Å². The highest BCUT2D eigenvalue weighted by Gasteiger charge is 2.38. The number of rotatable bonds is 5. The quantitative estimate of drug-likeness (QED) is 0.878. The van der Waals surface area contributed by atoms with Crippen molar-refractivity contribution in [1.29, 1.82) is 0 Å². The predicted molar refractivity (Wildman–Crippen MR) is 74.8 cm³/mol. The molecule has 120 valence electrons. The summed E-state index contributed by atoms with van der Waals surface area (Å²) in [5.74, 6) is 0.374. The summed E-state index contributed by atoms with van der Waals surface area (Å²) in [4.78, 5) is 0. The van der Waals surface area contributed by atoms with Gasteiger partial charge in [0.15, 0.2) is 0 Å². The third-order valence-corrected chi connectivity index (χ3v) is 4.10. The van der Waals surface area contributed by atoms with Gasteiger partial charge in [0.1, 0.15) is 6.04 Å². The van der Waals surface area contributed by atoms with Crippen molar-refractivity contribution in [3.63, 3.8) is 0 Å². The average molecular weight is 304 g/mol. The van der Waals surface area contributed by atoms with Crippen LogP contribution in [0.25, 0.3) is 0 Å². The van der Waals surface area contributed by atoms with E-state index >= 15 is 0 Å². The van der Waals surface area contributed by atoms with Gasteiger partial charge in [-0.15, -0.1) is 0 Å². The number of hydrogen-bond donors (Lipinski definition) is 2. The van der Waals surface area contributed by atoms with Crippen LogP contribution in [0.3, 0.4) is 0 Å². The monoisotopic (exact) mass is 304 g/mol. The molecule has 3 N–H and O–H groups in total. The molecule has 2 rings (SSSR count). The molecule has 1 heterocycles. The minimum Gasteiger partial charge on any atom is -0.329 e. The Kier molecular flexibility index (Phi) is 5.27. The Labute approximate surface area is 122 Å². The third-order valence-electron chi connectivity index (χ3n) is 4.10. The summed E-state index contributed by atoms with van der Waals surface area (Å²) in [5.41, 5.74) is 7.01. The van der Waals surface area contributed by atoms with E-state index in [1.54, 1.807) is 17.9 Å². The second-order valence-corrected chi connectivity index (χ2v) is 5.76. The lowest BCUT2D eigenvalue weighted by Crippen LogP contribution is -2.47.